The molecule has 0 aliphatic carbocycles. The quantitative estimate of drug-likeness (QED) is 0.732. The fourth-order valence-corrected chi connectivity index (χ4v) is 5.02. The van der Waals surface area contributed by atoms with Gasteiger partial charge in [0.25, 0.3) is 5.91 Å². The predicted molar refractivity (Wildman–Crippen MR) is 114 cm³/mol. The molecule has 30 heavy (non-hydrogen) atoms. The number of hydrogen-bond donors (Lipinski definition) is 1. The number of anilines is 1. The number of nitrogens with zero attached hydrogens (tertiary/aromatic N) is 1. The Balaban J connectivity index is 1.86. The molecule has 1 N–H and O–H groups in total. The topological polar surface area (TPSA) is 92.8 Å². The predicted octanol–water partition coefficient (Wildman–Crippen LogP) is 3.60. The number of aryl methyl sites for hydroxylation is 1. The van der Waals surface area contributed by atoms with Crippen LogP contribution in [0.4, 0.5) is 5.69 Å². The first-order chi connectivity index (χ1) is 14.3. The second-order valence-electron chi connectivity index (χ2n) is 7.32. The molecule has 0 atom stereocenters. The first-order valence-corrected chi connectivity index (χ1v) is 11.4. The van der Waals surface area contributed by atoms with Crippen LogP contribution in [0, 0.1) is 6.92 Å². The number of sulfonamides is 1. The number of carbonyl (C=O) groups excluding carboxylic acids is 2. The third-order valence-corrected chi connectivity index (χ3v) is 7.09. The van der Waals surface area contributed by atoms with E-state index in [0.717, 1.165) is 25.7 Å². The number of esters is 1. The summed E-state index contributed by atoms with van der Waals surface area (Å²) >= 11 is 0. The molecule has 1 saturated heterocycles. The summed E-state index contributed by atoms with van der Waals surface area (Å²) in [6.07, 6.45) is 3.74. The number of rotatable bonds is 5. The Morgan fingerprint density at radius 1 is 1.00 bits per heavy atom. The van der Waals surface area contributed by atoms with Crippen molar-refractivity contribution in [3.05, 3.63) is 59.2 Å². The van der Waals surface area contributed by atoms with Gasteiger partial charge in [-0.25, -0.2) is 13.2 Å². The molecule has 1 heterocycles. The molecule has 0 bridgehead atoms. The summed E-state index contributed by atoms with van der Waals surface area (Å²) in [5.41, 5.74) is 1.66. The Labute approximate surface area is 177 Å². The van der Waals surface area contributed by atoms with E-state index in [1.165, 1.54) is 23.5 Å². The van der Waals surface area contributed by atoms with Crippen LogP contribution in [0.1, 0.15) is 52.0 Å². The molecule has 1 aliphatic heterocycles. The van der Waals surface area contributed by atoms with Gasteiger partial charge in [-0.2, -0.15) is 4.31 Å². The van der Waals surface area contributed by atoms with E-state index in [1.54, 1.807) is 37.3 Å². The molecule has 1 fully saturated rings. The van der Waals surface area contributed by atoms with Crippen molar-refractivity contribution in [3.8, 4) is 0 Å². The first-order valence-electron chi connectivity index (χ1n) is 9.93. The lowest BCUT2D eigenvalue weighted by Gasteiger charge is -2.20. The van der Waals surface area contributed by atoms with Gasteiger partial charge in [-0.05, 0) is 55.7 Å². The summed E-state index contributed by atoms with van der Waals surface area (Å²) in [5.74, 6) is -0.949. The minimum Gasteiger partial charge on any atom is -0.465 e. The van der Waals surface area contributed by atoms with E-state index in [1.807, 2.05) is 0 Å². The molecule has 1 amide bonds. The fraction of sp³-hybridized carbons (Fsp3) is 0.364. The monoisotopic (exact) mass is 430 g/mol. The lowest BCUT2D eigenvalue weighted by atomic mass is 10.1. The van der Waals surface area contributed by atoms with Crippen molar-refractivity contribution in [1.82, 2.24) is 4.31 Å². The van der Waals surface area contributed by atoms with E-state index in [4.69, 9.17) is 4.74 Å². The molecule has 0 aromatic heterocycles. The number of hydrogen-bond acceptors (Lipinski definition) is 5. The van der Waals surface area contributed by atoms with Gasteiger partial charge < -0.3 is 10.1 Å². The zero-order valence-electron chi connectivity index (χ0n) is 17.2. The van der Waals surface area contributed by atoms with E-state index >= 15 is 0 Å². The maximum atomic E-state index is 13.1. The van der Waals surface area contributed by atoms with Gasteiger partial charge in [-0.3, -0.25) is 4.79 Å². The summed E-state index contributed by atoms with van der Waals surface area (Å²) in [6.45, 7) is 2.75. The molecule has 0 radical (unpaired) electrons. The summed E-state index contributed by atoms with van der Waals surface area (Å²) in [5, 5.41) is 2.73. The van der Waals surface area contributed by atoms with Crippen molar-refractivity contribution in [2.45, 2.75) is 37.5 Å². The molecule has 3 rings (SSSR count). The van der Waals surface area contributed by atoms with Crippen molar-refractivity contribution in [2.24, 2.45) is 0 Å². The molecule has 1 aliphatic rings. The number of ether oxygens (including phenoxy) is 1. The van der Waals surface area contributed by atoms with Gasteiger partial charge in [-0.1, -0.05) is 25.0 Å². The smallest absolute Gasteiger partial charge is 0.337 e. The van der Waals surface area contributed by atoms with Crippen molar-refractivity contribution in [3.63, 3.8) is 0 Å². The summed E-state index contributed by atoms with van der Waals surface area (Å²) in [4.78, 5) is 24.7. The molecule has 0 spiro atoms. The van der Waals surface area contributed by atoms with Crippen LogP contribution in [0.2, 0.25) is 0 Å². The van der Waals surface area contributed by atoms with Gasteiger partial charge in [0, 0.05) is 24.3 Å². The van der Waals surface area contributed by atoms with Crippen molar-refractivity contribution in [2.75, 3.05) is 25.5 Å². The van der Waals surface area contributed by atoms with Crippen LogP contribution in [0.25, 0.3) is 0 Å². The second kappa shape index (κ2) is 9.40. The Morgan fingerprint density at radius 2 is 1.70 bits per heavy atom. The number of nitrogens with one attached hydrogen (secondary N) is 1. The van der Waals surface area contributed by atoms with Gasteiger partial charge in [-0.15, -0.1) is 0 Å². The Hall–Kier alpha value is -2.71. The lowest BCUT2D eigenvalue weighted by Crippen LogP contribution is -2.32. The highest BCUT2D eigenvalue weighted by atomic mass is 32.2. The minimum atomic E-state index is -3.66. The third-order valence-electron chi connectivity index (χ3n) is 5.20. The van der Waals surface area contributed by atoms with Crippen LogP contribution in [-0.2, 0) is 14.8 Å². The van der Waals surface area contributed by atoms with Crippen molar-refractivity contribution >= 4 is 27.6 Å². The number of amides is 1. The highest BCUT2D eigenvalue weighted by molar-refractivity contribution is 7.89. The summed E-state index contributed by atoms with van der Waals surface area (Å²) < 4.78 is 32.4. The zero-order valence-corrected chi connectivity index (χ0v) is 18.0. The Kier molecular flexibility index (Phi) is 6.89. The Morgan fingerprint density at radius 3 is 2.37 bits per heavy atom. The molecular weight excluding hydrogens is 404 g/mol. The van der Waals surface area contributed by atoms with Crippen LogP contribution in [0.15, 0.2) is 47.4 Å². The van der Waals surface area contributed by atoms with Crippen molar-refractivity contribution in [1.29, 1.82) is 0 Å². The molecule has 2 aromatic carbocycles. The number of carbonyl (C=O) groups is 2. The van der Waals surface area contributed by atoms with E-state index in [-0.39, 0.29) is 10.5 Å². The van der Waals surface area contributed by atoms with E-state index < -0.39 is 21.9 Å². The van der Waals surface area contributed by atoms with E-state index in [9.17, 15) is 18.0 Å². The van der Waals surface area contributed by atoms with Crippen molar-refractivity contribution < 1.29 is 22.7 Å². The molecule has 8 heteroatoms. The van der Waals surface area contributed by atoms with Gasteiger partial charge >= 0.3 is 5.97 Å². The standard InChI is InChI=1S/C22H26N2O5S/c1-16-10-11-19(30(27,28)24-12-5-3-4-6-13-24)15-20(16)21(25)23-18-9-7-8-17(14-18)22(26)29-2/h7-11,14-15H,3-6,12-13H2,1-2H3,(H,23,25). The van der Waals surface area contributed by atoms with Crippen LogP contribution >= 0.6 is 0 Å². The average Bonchev–Trinajstić information content (AvgIpc) is 3.03. The summed E-state index contributed by atoms with van der Waals surface area (Å²) in [6, 6.07) is 11.0. The van der Waals surface area contributed by atoms with Gasteiger partial charge in [0.2, 0.25) is 10.0 Å². The highest BCUT2D eigenvalue weighted by Crippen LogP contribution is 2.23. The van der Waals surface area contributed by atoms with Crippen LogP contribution < -0.4 is 5.32 Å². The number of methoxy groups -OCH3 is 1. The zero-order chi connectivity index (χ0) is 21.7. The molecule has 0 saturated carbocycles. The van der Waals surface area contributed by atoms with Crippen LogP contribution in [-0.4, -0.2) is 44.8 Å². The Bertz CT molecular complexity index is 1040. The third kappa shape index (κ3) is 4.88. The molecule has 160 valence electrons. The van der Waals surface area contributed by atoms with E-state index in [2.05, 4.69) is 5.32 Å². The fourth-order valence-electron chi connectivity index (χ4n) is 3.48. The SMILES string of the molecule is COC(=O)c1cccc(NC(=O)c2cc(S(=O)(=O)N3CCCCCC3)ccc2C)c1. The molecular formula is C22H26N2O5S. The van der Waals surface area contributed by atoms with Crippen LogP contribution in [0.5, 0.6) is 0 Å². The molecule has 0 unspecified atom stereocenters. The average molecular weight is 431 g/mol. The normalized spacial score (nSPS) is 15.3. The largest absolute Gasteiger partial charge is 0.465 e. The minimum absolute atomic E-state index is 0.114. The van der Waals surface area contributed by atoms with Gasteiger partial charge in [0.15, 0.2) is 0 Å². The highest BCUT2D eigenvalue weighted by Gasteiger charge is 2.26. The second-order valence-corrected chi connectivity index (χ2v) is 9.26. The van der Waals surface area contributed by atoms with Gasteiger partial charge in [0.1, 0.15) is 0 Å². The maximum absolute atomic E-state index is 13.1. The molecule has 2 aromatic rings. The lowest BCUT2D eigenvalue weighted by molar-refractivity contribution is 0.0600. The first kappa shape index (κ1) is 22.0. The summed E-state index contributed by atoms with van der Waals surface area (Å²) in [7, 11) is -2.38. The van der Waals surface area contributed by atoms with Crippen LogP contribution in [0.3, 0.4) is 0 Å². The van der Waals surface area contributed by atoms with Gasteiger partial charge in [0.05, 0.1) is 17.6 Å². The number of benzene rings is 2. The maximum Gasteiger partial charge on any atom is 0.337 e. The molecule has 7 nitrogen and oxygen atoms in total. The van der Waals surface area contributed by atoms with E-state index in [0.29, 0.717) is 29.9 Å².